The topological polar surface area (TPSA) is 63.3 Å². The van der Waals surface area contributed by atoms with Crippen LogP contribution in [0, 0.1) is 17.5 Å². The molecule has 3 rings (SSSR count). The number of carbonyl (C=O) groups is 1. The standard InChI is InChI=1S/C14H6F3NO3/c15-8-3-7(4-9(16)12(8)17)13-18-10-5-6(14(19)20)1-2-11(10)21-13/h1-5H,(H,19,20). The summed E-state index contributed by atoms with van der Waals surface area (Å²) in [6.07, 6.45) is 0. The largest absolute Gasteiger partial charge is 0.478 e. The Labute approximate surface area is 115 Å². The lowest BCUT2D eigenvalue weighted by atomic mass is 10.2. The predicted octanol–water partition coefficient (Wildman–Crippen LogP) is 3.61. The summed E-state index contributed by atoms with van der Waals surface area (Å²) in [6.45, 7) is 0. The van der Waals surface area contributed by atoms with Crippen LogP contribution >= 0.6 is 0 Å². The number of halogens is 3. The number of rotatable bonds is 2. The summed E-state index contributed by atoms with van der Waals surface area (Å²) < 4.78 is 44.6. The first-order valence-electron chi connectivity index (χ1n) is 5.74. The van der Waals surface area contributed by atoms with Crippen molar-refractivity contribution in [2.24, 2.45) is 0 Å². The maximum absolute atomic E-state index is 13.2. The first kappa shape index (κ1) is 13.2. The van der Waals surface area contributed by atoms with Crippen molar-refractivity contribution in [1.29, 1.82) is 0 Å². The molecule has 3 aromatic rings. The Morgan fingerprint density at radius 2 is 1.76 bits per heavy atom. The van der Waals surface area contributed by atoms with Crippen molar-refractivity contribution in [3.05, 3.63) is 53.3 Å². The molecule has 1 aromatic heterocycles. The molecule has 0 aliphatic rings. The number of hydrogen-bond acceptors (Lipinski definition) is 3. The normalized spacial score (nSPS) is 11.0. The van der Waals surface area contributed by atoms with Crippen LogP contribution in [0.2, 0.25) is 0 Å². The van der Waals surface area contributed by atoms with Crippen molar-refractivity contribution < 1.29 is 27.5 Å². The lowest BCUT2D eigenvalue weighted by Gasteiger charge is -1.98. The number of carboxylic acids is 1. The van der Waals surface area contributed by atoms with Crippen molar-refractivity contribution >= 4 is 17.1 Å². The summed E-state index contributed by atoms with van der Waals surface area (Å²) in [4.78, 5) is 14.8. The third-order valence-corrected chi connectivity index (χ3v) is 2.87. The lowest BCUT2D eigenvalue weighted by Crippen LogP contribution is -1.94. The number of fused-ring (bicyclic) bond motifs is 1. The van der Waals surface area contributed by atoms with Crippen LogP contribution in [0.4, 0.5) is 13.2 Å². The third-order valence-electron chi connectivity index (χ3n) is 2.87. The molecule has 0 bridgehead atoms. The molecule has 0 saturated carbocycles. The Hall–Kier alpha value is -2.83. The van der Waals surface area contributed by atoms with E-state index in [1.54, 1.807) is 0 Å². The number of aromatic carboxylic acids is 1. The van der Waals surface area contributed by atoms with E-state index in [4.69, 9.17) is 9.52 Å². The van der Waals surface area contributed by atoms with Crippen LogP contribution in [-0.2, 0) is 0 Å². The van der Waals surface area contributed by atoms with Gasteiger partial charge in [0.15, 0.2) is 23.0 Å². The molecule has 0 aliphatic carbocycles. The van der Waals surface area contributed by atoms with Gasteiger partial charge in [-0.2, -0.15) is 0 Å². The van der Waals surface area contributed by atoms with E-state index in [2.05, 4.69) is 4.98 Å². The second-order valence-electron chi connectivity index (χ2n) is 4.26. The SMILES string of the molecule is O=C(O)c1ccc2oc(-c3cc(F)c(F)c(F)c3)nc2c1. The molecule has 1 heterocycles. The van der Waals surface area contributed by atoms with Crippen LogP contribution < -0.4 is 0 Å². The Bertz CT molecular complexity index is 850. The minimum atomic E-state index is -1.58. The molecular formula is C14H6F3NO3. The fourth-order valence-corrected chi connectivity index (χ4v) is 1.86. The van der Waals surface area contributed by atoms with Crippen molar-refractivity contribution in [3.8, 4) is 11.5 Å². The highest BCUT2D eigenvalue weighted by Crippen LogP contribution is 2.27. The van der Waals surface area contributed by atoms with E-state index in [9.17, 15) is 18.0 Å². The Balaban J connectivity index is 2.15. The van der Waals surface area contributed by atoms with Crippen molar-refractivity contribution in [3.63, 3.8) is 0 Å². The fourth-order valence-electron chi connectivity index (χ4n) is 1.86. The Morgan fingerprint density at radius 1 is 1.10 bits per heavy atom. The number of nitrogens with zero attached hydrogens (tertiary/aromatic N) is 1. The van der Waals surface area contributed by atoms with Gasteiger partial charge in [-0.1, -0.05) is 0 Å². The molecule has 106 valence electrons. The van der Waals surface area contributed by atoms with Crippen molar-refractivity contribution in [2.45, 2.75) is 0 Å². The van der Waals surface area contributed by atoms with E-state index < -0.39 is 23.4 Å². The van der Waals surface area contributed by atoms with E-state index >= 15 is 0 Å². The van der Waals surface area contributed by atoms with E-state index in [0.717, 1.165) is 12.1 Å². The third kappa shape index (κ3) is 2.22. The molecule has 0 aliphatic heterocycles. The van der Waals surface area contributed by atoms with Crippen LogP contribution in [0.5, 0.6) is 0 Å². The Kier molecular flexibility index (Phi) is 2.90. The van der Waals surface area contributed by atoms with Crippen molar-refractivity contribution in [2.75, 3.05) is 0 Å². The first-order valence-corrected chi connectivity index (χ1v) is 5.74. The Morgan fingerprint density at radius 3 is 2.38 bits per heavy atom. The van der Waals surface area contributed by atoms with Crippen molar-refractivity contribution in [1.82, 2.24) is 4.98 Å². The predicted molar refractivity (Wildman–Crippen MR) is 66.3 cm³/mol. The highest BCUT2D eigenvalue weighted by atomic mass is 19.2. The summed E-state index contributed by atoms with van der Waals surface area (Å²) in [5.41, 5.74) is 0.383. The van der Waals surface area contributed by atoms with Gasteiger partial charge in [0.2, 0.25) is 5.89 Å². The molecule has 7 heteroatoms. The minimum Gasteiger partial charge on any atom is -0.478 e. The van der Waals surface area contributed by atoms with Gasteiger partial charge in [-0.05, 0) is 30.3 Å². The maximum Gasteiger partial charge on any atom is 0.335 e. The van der Waals surface area contributed by atoms with Gasteiger partial charge < -0.3 is 9.52 Å². The average molecular weight is 293 g/mol. The molecule has 21 heavy (non-hydrogen) atoms. The summed E-state index contributed by atoms with van der Waals surface area (Å²) in [5.74, 6) is -5.58. The molecule has 0 amide bonds. The average Bonchev–Trinajstić information content (AvgIpc) is 2.86. The van der Waals surface area contributed by atoms with Crippen LogP contribution in [-0.4, -0.2) is 16.1 Å². The quantitative estimate of drug-likeness (QED) is 0.733. The number of aromatic nitrogens is 1. The fraction of sp³-hybridized carbons (Fsp3) is 0. The first-order chi connectivity index (χ1) is 9.95. The van der Waals surface area contributed by atoms with E-state index in [1.807, 2.05) is 0 Å². The molecular weight excluding hydrogens is 287 g/mol. The highest BCUT2D eigenvalue weighted by molar-refractivity contribution is 5.92. The van der Waals surface area contributed by atoms with Crippen LogP contribution in [0.15, 0.2) is 34.7 Å². The van der Waals surface area contributed by atoms with Gasteiger partial charge in [0.25, 0.3) is 0 Å². The zero-order valence-corrected chi connectivity index (χ0v) is 10.2. The summed E-state index contributed by atoms with van der Waals surface area (Å²) in [7, 11) is 0. The molecule has 0 unspecified atom stereocenters. The minimum absolute atomic E-state index is 0.00110. The van der Waals surface area contributed by atoms with E-state index in [-0.39, 0.29) is 28.1 Å². The van der Waals surface area contributed by atoms with Gasteiger partial charge in [-0.3, -0.25) is 0 Å². The monoisotopic (exact) mass is 293 g/mol. The summed E-state index contributed by atoms with van der Waals surface area (Å²) >= 11 is 0. The van der Waals surface area contributed by atoms with Gasteiger partial charge in [0, 0.05) is 5.56 Å². The zero-order chi connectivity index (χ0) is 15.1. The summed E-state index contributed by atoms with van der Waals surface area (Å²) in [5, 5.41) is 8.87. The van der Waals surface area contributed by atoms with Gasteiger partial charge in [-0.15, -0.1) is 0 Å². The van der Waals surface area contributed by atoms with E-state index in [0.29, 0.717) is 0 Å². The number of benzene rings is 2. The van der Waals surface area contributed by atoms with Gasteiger partial charge >= 0.3 is 5.97 Å². The molecule has 0 radical (unpaired) electrons. The molecule has 2 aromatic carbocycles. The smallest absolute Gasteiger partial charge is 0.335 e. The van der Waals surface area contributed by atoms with Gasteiger partial charge in [0.1, 0.15) is 5.52 Å². The van der Waals surface area contributed by atoms with Crippen LogP contribution in [0.1, 0.15) is 10.4 Å². The maximum atomic E-state index is 13.2. The van der Waals surface area contributed by atoms with E-state index in [1.165, 1.54) is 18.2 Å². The molecule has 0 fully saturated rings. The molecule has 0 saturated heterocycles. The number of hydrogen-bond donors (Lipinski definition) is 1. The highest BCUT2D eigenvalue weighted by Gasteiger charge is 2.16. The number of carboxylic acid groups (broad SMARTS) is 1. The van der Waals surface area contributed by atoms with Crippen LogP contribution in [0.3, 0.4) is 0 Å². The second-order valence-corrected chi connectivity index (χ2v) is 4.26. The van der Waals surface area contributed by atoms with Gasteiger partial charge in [-0.25, -0.2) is 22.9 Å². The lowest BCUT2D eigenvalue weighted by molar-refractivity contribution is 0.0697. The second kappa shape index (κ2) is 4.62. The van der Waals surface area contributed by atoms with Crippen LogP contribution in [0.25, 0.3) is 22.6 Å². The molecule has 0 spiro atoms. The molecule has 4 nitrogen and oxygen atoms in total. The number of oxazole rings is 1. The molecule has 0 atom stereocenters. The van der Waals surface area contributed by atoms with Gasteiger partial charge in [0.05, 0.1) is 5.56 Å². The zero-order valence-electron chi connectivity index (χ0n) is 10.2. The summed E-state index contributed by atoms with van der Waals surface area (Å²) in [6, 6.07) is 5.46. The molecule has 1 N–H and O–H groups in total.